The molecule has 0 saturated carbocycles. The molecule has 4 rings (SSSR count). The topological polar surface area (TPSA) is 62.2 Å². The summed E-state index contributed by atoms with van der Waals surface area (Å²) in [7, 11) is 5.39. The van der Waals surface area contributed by atoms with Crippen LogP contribution in [0.3, 0.4) is 0 Å². The van der Waals surface area contributed by atoms with Crippen LogP contribution in [0.15, 0.2) is 30.3 Å². The van der Waals surface area contributed by atoms with E-state index in [0.29, 0.717) is 18.1 Å². The maximum atomic E-state index is 12.9. The van der Waals surface area contributed by atoms with Crippen molar-refractivity contribution in [2.45, 2.75) is 31.6 Å². The summed E-state index contributed by atoms with van der Waals surface area (Å²) >= 11 is 0. The van der Waals surface area contributed by atoms with Gasteiger partial charge >= 0.3 is 0 Å². The molecule has 6 nitrogen and oxygen atoms in total. The van der Waals surface area contributed by atoms with Crippen molar-refractivity contribution < 1.29 is 19.4 Å². The summed E-state index contributed by atoms with van der Waals surface area (Å²) in [6.07, 6.45) is 3.21. The van der Waals surface area contributed by atoms with Crippen LogP contribution in [-0.4, -0.2) is 68.3 Å². The molecule has 1 heterocycles. The Labute approximate surface area is 184 Å². The molecule has 0 saturated heterocycles. The predicted octanol–water partition coefficient (Wildman–Crippen LogP) is 3.00. The van der Waals surface area contributed by atoms with E-state index in [1.807, 2.05) is 29.2 Å². The van der Waals surface area contributed by atoms with E-state index in [1.54, 1.807) is 20.3 Å². The van der Waals surface area contributed by atoms with E-state index in [0.717, 1.165) is 56.9 Å². The average Bonchev–Trinajstić information content (AvgIpc) is 2.97. The van der Waals surface area contributed by atoms with E-state index in [1.165, 1.54) is 22.3 Å². The molecule has 2 aromatic rings. The predicted molar refractivity (Wildman–Crippen MR) is 120 cm³/mol. The zero-order valence-corrected chi connectivity index (χ0v) is 18.7. The first-order valence-electron chi connectivity index (χ1n) is 11.0. The number of hydrogen-bond donors (Lipinski definition) is 1. The van der Waals surface area contributed by atoms with Crippen LogP contribution in [0, 0.1) is 0 Å². The lowest BCUT2D eigenvalue weighted by molar-refractivity contribution is -0.131. The number of amides is 1. The second-order valence-corrected chi connectivity index (χ2v) is 8.65. The van der Waals surface area contributed by atoms with Gasteiger partial charge in [0, 0.05) is 38.5 Å². The number of likely N-dealkylation sites (N-methyl/N-ethyl adjacent to an activating group) is 1. The molecule has 0 bridgehead atoms. The zero-order valence-electron chi connectivity index (χ0n) is 18.7. The molecule has 6 heteroatoms. The smallest absolute Gasteiger partial charge is 0.223 e. The van der Waals surface area contributed by atoms with Crippen molar-refractivity contribution in [2.24, 2.45) is 0 Å². The highest BCUT2D eigenvalue weighted by molar-refractivity contribution is 5.76. The summed E-state index contributed by atoms with van der Waals surface area (Å²) in [6.45, 7) is 3.18. The summed E-state index contributed by atoms with van der Waals surface area (Å²) < 4.78 is 10.9. The Morgan fingerprint density at radius 2 is 1.71 bits per heavy atom. The van der Waals surface area contributed by atoms with Crippen LogP contribution in [0.1, 0.15) is 34.6 Å². The maximum Gasteiger partial charge on any atom is 0.223 e. The fourth-order valence-corrected chi connectivity index (χ4v) is 4.79. The molecular formula is C25H32N2O4. The third-order valence-corrected chi connectivity index (χ3v) is 6.63. The highest BCUT2D eigenvalue weighted by atomic mass is 16.5. The van der Waals surface area contributed by atoms with Crippen molar-refractivity contribution in [3.05, 3.63) is 52.6 Å². The lowest BCUT2D eigenvalue weighted by Gasteiger charge is -2.33. The molecule has 2 aromatic carbocycles. The number of hydrogen-bond acceptors (Lipinski definition) is 5. The molecule has 0 aromatic heterocycles. The van der Waals surface area contributed by atoms with Gasteiger partial charge in [0.15, 0.2) is 11.5 Å². The van der Waals surface area contributed by atoms with Gasteiger partial charge < -0.3 is 24.4 Å². The van der Waals surface area contributed by atoms with Gasteiger partial charge in [0.2, 0.25) is 5.91 Å². The van der Waals surface area contributed by atoms with Crippen LogP contribution >= 0.6 is 0 Å². The van der Waals surface area contributed by atoms with Gasteiger partial charge in [-0.2, -0.15) is 0 Å². The highest BCUT2D eigenvalue weighted by Crippen LogP contribution is 2.37. The van der Waals surface area contributed by atoms with Crippen LogP contribution in [-0.2, 0) is 24.1 Å². The number of carbonyl (C=O) groups is 1. The van der Waals surface area contributed by atoms with E-state index < -0.39 is 0 Å². The summed E-state index contributed by atoms with van der Waals surface area (Å²) in [5.74, 6) is 2.55. The number of methoxy groups -OCH3 is 2. The molecular weight excluding hydrogens is 392 g/mol. The fraction of sp³-hybridized carbons (Fsp3) is 0.480. The van der Waals surface area contributed by atoms with Crippen molar-refractivity contribution in [1.29, 1.82) is 0 Å². The van der Waals surface area contributed by atoms with E-state index in [4.69, 9.17) is 9.47 Å². The SMILES string of the molecule is COc1cc2c(cc1OC)CCN(C(=O)CCN(C)CC1Cc3cc(O)ccc31)CC2. The Morgan fingerprint density at radius 1 is 1.06 bits per heavy atom. The number of benzene rings is 2. The third-order valence-electron chi connectivity index (χ3n) is 6.63. The molecule has 0 fully saturated rings. The van der Waals surface area contributed by atoms with E-state index >= 15 is 0 Å². The summed E-state index contributed by atoms with van der Waals surface area (Å²) in [5.41, 5.74) is 5.04. The Balaban J connectivity index is 1.28. The minimum absolute atomic E-state index is 0.220. The molecule has 0 radical (unpaired) electrons. The first kappa shape index (κ1) is 21.5. The number of ether oxygens (including phenoxy) is 2. The zero-order chi connectivity index (χ0) is 22.0. The lowest BCUT2D eigenvalue weighted by Crippen LogP contribution is -2.37. The third kappa shape index (κ3) is 4.64. The Kier molecular flexibility index (Phi) is 6.37. The van der Waals surface area contributed by atoms with E-state index in [9.17, 15) is 9.90 Å². The first-order valence-corrected chi connectivity index (χ1v) is 11.0. The number of fused-ring (bicyclic) bond motifs is 2. The van der Waals surface area contributed by atoms with Gasteiger partial charge in [-0.25, -0.2) is 0 Å². The first-order chi connectivity index (χ1) is 15.0. The van der Waals surface area contributed by atoms with Crippen molar-refractivity contribution in [2.75, 3.05) is 47.4 Å². The minimum atomic E-state index is 0.220. The second kappa shape index (κ2) is 9.18. The van der Waals surface area contributed by atoms with Gasteiger partial charge in [-0.05, 0) is 72.8 Å². The van der Waals surface area contributed by atoms with Gasteiger partial charge in [0.05, 0.1) is 14.2 Å². The number of carbonyl (C=O) groups excluding carboxylic acids is 1. The number of phenols is 1. The Bertz CT molecular complexity index is 924. The van der Waals surface area contributed by atoms with Crippen molar-refractivity contribution in [3.63, 3.8) is 0 Å². The molecule has 31 heavy (non-hydrogen) atoms. The maximum absolute atomic E-state index is 12.9. The number of rotatable bonds is 7. The Hall–Kier alpha value is -2.73. The minimum Gasteiger partial charge on any atom is -0.508 e. The van der Waals surface area contributed by atoms with Crippen LogP contribution in [0.5, 0.6) is 17.2 Å². The van der Waals surface area contributed by atoms with Gasteiger partial charge in [0.1, 0.15) is 5.75 Å². The monoisotopic (exact) mass is 424 g/mol. The molecule has 2 aliphatic rings. The van der Waals surface area contributed by atoms with Gasteiger partial charge in [-0.3, -0.25) is 4.79 Å². The number of aromatic hydroxyl groups is 1. The highest BCUT2D eigenvalue weighted by Gasteiger charge is 2.27. The van der Waals surface area contributed by atoms with Gasteiger partial charge in [-0.15, -0.1) is 0 Å². The van der Waals surface area contributed by atoms with Crippen LogP contribution < -0.4 is 9.47 Å². The largest absolute Gasteiger partial charge is 0.508 e. The standard InChI is InChI=1S/C25H32N2O4/c1-26(16-20-12-19-13-21(28)4-5-22(19)20)9-8-25(29)27-10-6-17-14-23(30-2)24(31-3)15-18(17)7-11-27/h4-5,13-15,20,28H,6-12,16H2,1-3H3. The summed E-state index contributed by atoms with van der Waals surface area (Å²) in [5, 5.41) is 9.57. The number of phenolic OH excluding ortho intramolecular Hbond substituents is 1. The molecule has 166 valence electrons. The average molecular weight is 425 g/mol. The quantitative estimate of drug-likeness (QED) is 0.740. The van der Waals surface area contributed by atoms with Gasteiger partial charge in [0.25, 0.3) is 0 Å². The molecule has 1 amide bonds. The summed E-state index contributed by atoms with van der Waals surface area (Å²) in [6, 6.07) is 9.74. The van der Waals surface area contributed by atoms with E-state index in [2.05, 4.69) is 11.9 Å². The molecule has 1 aliphatic heterocycles. The van der Waals surface area contributed by atoms with Crippen molar-refractivity contribution in [3.8, 4) is 17.2 Å². The molecule has 1 atom stereocenters. The van der Waals surface area contributed by atoms with Crippen LogP contribution in [0.4, 0.5) is 0 Å². The van der Waals surface area contributed by atoms with Gasteiger partial charge in [-0.1, -0.05) is 6.07 Å². The van der Waals surface area contributed by atoms with Crippen molar-refractivity contribution in [1.82, 2.24) is 9.80 Å². The fourth-order valence-electron chi connectivity index (χ4n) is 4.79. The molecule has 1 N–H and O–H groups in total. The summed E-state index contributed by atoms with van der Waals surface area (Å²) in [4.78, 5) is 17.1. The van der Waals surface area contributed by atoms with Crippen LogP contribution in [0.2, 0.25) is 0 Å². The molecule has 0 spiro atoms. The second-order valence-electron chi connectivity index (χ2n) is 8.65. The van der Waals surface area contributed by atoms with E-state index in [-0.39, 0.29) is 5.91 Å². The van der Waals surface area contributed by atoms with Crippen LogP contribution in [0.25, 0.3) is 0 Å². The molecule has 1 unspecified atom stereocenters. The number of nitrogens with zero attached hydrogens (tertiary/aromatic N) is 2. The normalized spacial score (nSPS) is 17.4. The lowest BCUT2D eigenvalue weighted by atomic mass is 9.77. The van der Waals surface area contributed by atoms with Crippen molar-refractivity contribution >= 4 is 5.91 Å². The Morgan fingerprint density at radius 3 is 2.29 bits per heavy atom. The molecule has 1 aliphatic carbocycles.